The third-order valence-electron chi connectivity index (χ3n) is 5.09. The first-order chi connectivity index (χ1) is 11.7. The molecule has 132 valence electrons. The molecule has 0 radical (unpaired) electrons. The zero-order valence-corrected chi connectivity index (χ0v) is 14.1. The van der Waals surface area contributed by atoms with Crippen molar-refractivity contribution in [3.05, 3.63) is 35.9 Å². The number of carbonyl (C=O) groups is 1. The monoisotopic (exact) mass is 335 g/mol. The van der Waals surface area contributed by atoms with Crippen LogP contribution in [0.4, 0.5) is 4.39 Å². The minimum absolute atomic E-state index is 0.0591. The number of methoxy groups -OCH3 is 1. The van der Waals surface area contributed by atoms with Crippen molar-refractivity contribution in [2.75, 3.05) is 33.3 Å². The van der Waals surface area contributed by atoms with E-state index < -0.39 is 12.2 Å². The molecule has 1 heterocycles. The third kappa shape index (κ3) is 3.94. The quantitative estimate of drug-likeness (QED) is 0.868. The van der Waals surface area contributed by atoms with Crippen LogP contribution in [-0.2, 0) is 4.74 Å². The zero-order valence-electron chi connectivity index (χ0n) is 14.1. The highest BCUT2D eigenvalue weighted by atomic mass is 19.1. The summed E-state index contributed by atoms with van der Waals surface area (Å²) < 4.78 is 20.4. The molecule has 0 bridgehead atoms. The topological polar surface area (TPSA) is 53.6 Å². The van der Waals surface area contributed by atoms with Gasteiger partial charge in [-0.05, 0) is 25.0 Å². The summed E-state index contributed by atoms with van der Waals surface area (Å²) in [4.78, 5) is 14.6. The number of alkyl halides is 1. The molecule has 3 rings (SSSR count). The van der Waals surface area contributed by atoms with E-state index in [4.69, 9.17) is 4.74 Å². The molecule has 1 aliphatic heterocycles. The molecule has 4 atom stereocenters. The number of nitrogens with zero attached hydrogens (tertiary/aromatic N) is 1. The number of amides is 1. The molecule has 0 aromatic heterocycles. The zero-order chi connectivity index (χ0) is 16.9. The van der Waals surface area contributed by atoms with Gasteiger partial charge in [-0.3, -0.25) is 9.69 Å². The van der Waals surface area contributed by atoms with E-state index in [0.29, 0.717) is 18.4 Å². The number of hydrogen-bond acceptors (Lipinski definition) is 4. The summed E-state index contributed by atoms with van der Waals surface area (Å²) in [6.45, 7) is 3.69. The van der Waals surface area contributed by atoms with Gasteiger partial charge in [0, 0.05) is 44.9 Å². The van der Waals surface area contributed by atoms with Crippen LogP contribution in [0.5, 0.6) is 0 Å². The molecule has 6 heteroatoms. The van der Waals surface area contributed by atoms with E-state index in [0.717, 1.165) is 26.2 Å². The van der Waals surface area contributed by atoms with Crippen LogP contribution in [0.25, 0.3) is 0 Å². The predicted molar refractivity (Wildman–Crippen MR) is 90.9 cm³/mol. The fraction of sp³-hybridized carbons (Fsp3) is 0.611. The molecule has 1 aromatic carbocycles. The van der Waals surface area contributed by atoms with Gasteiger partial charge in [0.2, 0.25) is 0 Å². The van der Waals surface area contributed by atoms with Crippen LogP contribution in [0, 0.1) is 0 Å². The second-order valence-corrected chi connectivity index (χ2v) is 6.56. The van der Waals surface area contributed by atoms with Gasteiger partial charge in [-0.15, -0.1) is 0 Å². The maximum atomic E-state index is 14.7. The molecular weight excluding hydrogens is 309 g/mol. The van der Waals surface area contributed by atoms with Crippen molar-refractivity contribution in [3.63, 3.8) is 0 Å². The maximum absolute atomic E-state index is 14.7. The van der Waals surface area contributed by atoms with Crippen LogP contribution in [0.1, 0.15) is 23.2 Å². The molecule has 0 spiro atoms. The number of piperazine rings is 1. The van der Waals surface area contributed by atoms with Crippen LogP contribution in [0.2, 0.25) is 0 Å². The van der Waals surface area contributed by atoms with Crippen LogP contribution in [0.3, 0.4) is 0 Å². The van der Waals surface area contributed by atoms with E-state index in [1.807, 2.05) is 6.07 Å². The Labute approximate surface area is 142 Å². The van der Waals surface area contributed by atoms with Crippen LogP contribution in [0.15, 0.2) is 30.3 Å². The Bertz CT molecular complexity index is 536. The minimum Gasteiger partial charge on any atom is -0.380 e. The van der Waals surface area contributed by atoms with E-state index in [2.05, 4.69) is 15.5 Å². The highest BCUT2D eigenvalue weighted by Crippen LogP contribution is 2.28. The lowest BCUT2D eigenvalue weighted by Crippen LogP contribution is -2.59. The first-order valence-corrected chi connectivity index (χ1v) is 8.66. The maximum Gasteiger partial charge on any atom is 0.251 e. The molecule has 0 unspecified atom stereocenters. The Kier molecular flexibility index (Phi) is 5.81. The lowest BCUT2D eigenvalue weighted by atomic mass is 9.85. The summed E-state index contributed by atoms with van der Waals surface area (Å²) in [5.41, 5.74) is 0.558. The van der Waals surface area contributed by atoms with Crippen molar-refractivity contribution in [1.82, 2.24) is 15.5 Å². The lowest BCUT2D eigenvalue weighted by molar-refractivity contribution is -0.0437. The molecule has 1 saturated carbocycles. The molecule has 24 heavy (non-hydrogen) atoms. The molecule has 1 saturated heterocycles. The number of rotatable bonds is 4. The Morgan fingerprint density at radius 2 is 1.96 bits per heavy atom. The average Bonchev–Trinajstić information content (AvgIpc) is 2.64. The Hall–Kier alpha value is -1.50. The van der Waals surface area contributed by atoms with E-state index in [1.165, 1.54) is 0 Å². The van der Waals surface area contributed by atoms with Gasteiger partial charge in [-0.1, -0.05) is 18.2 Å². The van der Waals surface area contributed by atoms with Crippen molar-refractivity contribution in [2.45, 2.75) is 37.2 Å². The van der Waals surface area contributed by atoms with Crippen LogP contribution < -0.4 is 10.6 Å². The summed E-state index contributed by atoms with van der Waals surface area (Å²) in [6, 6.07) is 8.53. The number of ether oxygens (including phenoxy) is 1. The van der Waals surface area contributed by atoms with Gasteiger partial charge >= 0.3 is 0 Å². The van der Waals surface area contributed by atoms with Crippen molar-refractivity contribution in [2.24, 2.45) is 0 Å². The van der Waals surface area contributed by atoms with Gasteiger partial charge in [0.1, 0.15) is 6.17 Å². The number of halogens is 1. The summed E-state index contributed by atoms with van der Waals surface area (Å²) >= 11 is 0. The number of carbonyl (C=O) groups excluding carboxylic acids is 1. The number of benzene rings is 1. The molecule has 5 nitrogen and oxygen atoms in total. The fourth-order valence-electron chi connectivity index (χ4n) is 3.74. The Morgan fingerprint density at radius 3 is 2.62 bits per heavy atom. The second-order valence-electron chi connectivity index (χ2n) is 6.56. The highest BCUT2D eigenvalue weighted by molar-refractivity contribution is 5.94. The van der Waals surface area contributed by atoms with Crippen molar-refractivity contribution in [1.29, 1.82) is 0 Å². The average molecular weight is 335 g/mol. The van der Waals surface area contributed by atoms with Crippen LogP contribution in [-0.4, -0.2) is 68.5 Å². The largest absolute Gasteiger partial charge is 0.380 e. The molecule has 1 aromatic rings. The highest BCUT2D eigenvalue weighted by Gasteiger charge is 2.41. The first kappa shape index (κ1) is 17.3. The second kappa shape index (κ2) is 8.05. The van der Waals surface area contributed by atoms with Gasteiger partial charge in [-0.25, -0.2) is 4.39 Å². The molecule has 2 N–H and O–H groups in total. The smallest absolute Gasteiger partial charge is 0.251 e. The predicted octanol–water partition coefficient (Wildman–Crippen LogP) is 1.21. The van der Waals surface area contributed by atoms with Gasteiger partial charge in [0.15, 0.2) is 0 Å². The third-order valence-corrected chi connectivity index (χ3v) is 5.09. The van der Waals surface area contributed by atoms with Gasteiger partial charge < -0.3 is 15.4 Å². The lowest BCUT2D eigenvalue weighted by Gasteiger charge is -2.44. The fourth-order valence-corrected chi connectivity index (χ4v) is 3.74. The summed E-state index contributed by atoms with van der Waals surface area (Å²) in [5, 5.41) is 6.17. The normalized spacial score (nSPS) is 31.6. The first-order valence-electron chi connectivity index (χ1n) is 8.66. The molecule has 2 fully saturated rings. The number of nitrogens with one attached hydrogen (secondary N) is 2. The molecule has 2 aliphatic rings. The molecule has 1 amide bonds. The van der Waals surface area contributed by atoms with E-state index in [9.17, 15) is 9.18 Å². The van der Waals surface area contributed by atoms with Crippen molar-refractivity contribution >= 4 is 5.91 Å². The van der Waals surface area contributed by atoms with Crippen molar-refractivity contribution in [3.8, 4) is 0 Å². The molecule has 1 aliphatic carbocycles. The summed E-state index contributed by atoms with van der Waals surface area (Å²) in [6.07, 6.45) is -0.205. The number of hydrogen-bond donors (Lipinski definition) is 2. The Balaban J connectivity index is 1.63. The molecular formula is C18H26FN3O2. The SMILES string of the molecule is CO[C@@H]1C[C@@H](NC(=O)c2ccccc2)[C@H](F)C[C@H]1N1CCNCC1. The van der Waals surface area contributed by atoms with Gasteiger partial charge in [0.25, 0.3) is 5.91 Å². The summed E-state index contributed by atoms with van der Waals surface area (Å²) in [5.74, 6) is -0.223. The van der Waals surface area contributed by atoms with Gasteiger partial charge in [0.05, 0.1) is 12.1 Å². The standard InChI is InChI=1S/C18H26FN3O2/c1-24-17-12-15(21-18(23)13-5-3-2-4-6-13)14(19)11-16(17)22-9-7-20-8-10-22/h2-6,14-17,20H,7-12H2,1H3,(H,21,23)/t14-,15-,16-,17-/m1/s1. The Morgan fingerprint density at radius 1 is 1.25 bits per heavy atom. The van der Waals surface area contributed by atoms with Crippen LogP contribution >= 0.6 is 0 Å². The van der Waals surface area contributed by atoms with E-state index in [-0.39, 0.29) is 18.1 Å². The summed E-state index contributed by atoms with van der Waals surface area (Å²) in [7, 11) is 1.68. The van der Waals surface area contributed by atoms with Gasteiger partial charge in [-0.2, -0.15) is 0 Å². The minimum atomic E-state index is -1.05. The van der Waals surface area contributed by atoms with E-state index in [1.54, 1.807) is 31.4 Å². The van der Waals surface area contributed by atoms with E-state index >= 15 is 0 Å². The van der Waals surface area contributed by atoms with Crippen molar-refractivity contribution < 1.29 is 13.9 Å².